The quantitative estimate of drug-likeness (QED) is 0.785. The van der Waals surface area contributed by atoms with Crippen molar-refractivity contribution < 1.29 is 14.6 Å². The maximum absolute atomic E-state index is 10.3. The lowest BCUT2D eigenvalue weighted by Crippen LogP contribution is -2.13. The van der Waals surface area contributed by atoms with Crippen molar-refractivity contribution >= 4 is 11.6 Å². The summed E-state index contributed by atoms with van der Waals surface area (Å²) in [4.78, 5) is 0. The molecule has 0 fully saturated rings. The molecule has 1 aromatic rings. The van der Waals surface area contributed by atoms with Gasteiger partial charge in [-0.05, 0) is 17.4 Å². The molecule has 3 rings (SSSR count). The molecule has 0 radical (unpaired) electrons. The average molecular weight is 269 g/mol. The summed E-state index contributed by atoms with van der Waals surface area (Å²) < 4.78 is 11.4. The first-order valence-electron chi connectivity index (χ1n) is 6.31. The fourth-order valence-electron chi connectivity index (χ4n) is 2.99. The smallest absolute Gasteiger partial charge is 0.167 e. The third kappa shape index (κ3) is 1.69. The standard InChI is InChI=1S/C14H17ClO3/c1-14(2)7-9(16)11-12(14)8(15)6-10-13(11)18-5-3-4-17-10/h6,9,16H,3-5,7H2,1-2H3. The Labute approximate surface area is 112 Å². The van der Waals surface area contributed by atoms with E-state index < -0.39 is 6.10 Å². The molecule has 4 heteroatoms. The van der Waals surface area contributed by atoms with E-state index in [-0.39, 0.29) is 5.41 Å². The number of hydrogen-bond donors (Lipinski definition) is 1. The van der Waals surface area contributed by atoms with Gasteiger partial charge in [-0.25, -0.2) is 0 Å². The molecule has 1 aromatic carbocycles. The molecule has 0 spiro atoms. The van der Waals surface area contributed by atoms with Gasteiger partial charge in [-0.15, -0.1) is 0 Å². The maximum Gasteiger partial charge on any atom is 0.167 e. The van der Waals surface area contributed by atoms with E-state index in [4.69, 9.17) is 21.1 Å². The fourth-order valence-corrected chi connectivity index (χ4v) is 3.45. The van der Waals surface area contributed by atoms with Crippen molar-refractivity contribution in [1.29, 1.82) is 0 Å². The van der Waals surface area contributed by atoms with Crippen LogP contribution in [0.3, 0.4) is 0 Å². The summed E-state index contributed by atoms with van der Waals surface area (Å²) in [5.41, 5.74) is 1.70. The van der Waals surface area contributed by atoms with Crippen LogP contribution in [0.25, 0.3) is 0 Å². The second kappa shape index (κ2) is 4.04. The van der Waals surface area contributed by atoms with Crippen LogP contribution in [0, 0.1) is 0 Å². The molecule has 98 valence electrons. The van der Waals surface area contributed by atoms with Crippen molar-refractivity contribution in [2.45, 2.75) is 38.2 Å². The van der Waals surface area contributed by atoms with E-state index in [2.05, 4.69) is 13.8 Å². The molecule has 1 N–H and O–H groups in total. The van der Waals surface area contributed by atoms with Gasteiger partial charge < -0.3 is 14.6 Å². The SMILES string of the molecule is CC1(C)CC(O)c2c3c(cc(Cl)c21)OCCCO3. The normalized spacial score (nSPS) is 24.6. The van der Waals surface area contributed by atoms with Gasteiger partial charge in [-0.1, -0.05) is 25.4 Å². The zero-order valence-corrected chi connectivity index (χ0v) is 11.4. The Morgan fingerprint density at radius 3 is 2.83 bits per heavy atom. The molecule has 0 aromatic heterocycles. The van der Waals surface area contributed by atoms with Gasteiger partial charge >= 0.3 is 0 Å². The summed E-state index contributed by atoms with van der Waals surface area (Å²) >= 11 is 6.36. The predicted molar refractivity (Wildman–Crippen MR) is 69.7 cm³/mol. The summed E-state index contributed by atoms with van der Waals surface area (Å²) in [5, 5.41) is 11.0. The molecule has 2 aliphatic rings. The molecule has 1 heterocycles. The van der Waals surface area contributed by atoms with E-state index >= 15 is 0 Å². The molecule has 0 saturated carbocycles. The lowest BCUT2D eigenvalue weighted by Gasteiger charge is -2.21. The summed E-state index contributed by atoms with van der Waals surface area (Å²) in [6.45, 7) is 5.44. The van der Waals surface area contributed by atoms with E-state index in [1.54, 1.807) is 0 Å². The van der Waals surface area contributed by atoms with Gasteiger partial charge in [0.15, 0.2) is 11.5 Å². The number of benzene rings is 1. The maximum atomic E-state index is 10.3. The number of halogens is 1. The van der Waals surface area contributed by atoms with Gasteiger partial charge in [-0.2, -0.15) is 0 Å². The van der Waals surface area contributed by atoms with Crippen molar-refractivity contribution in [3.05, 3.63) is 22.2 Å². The molecule has 0 amide bonds. The zero-order chi connectivity index (χ0) is 12.9. The van der Waals surface area contributed by atoms with Crippen LogP contribution in [0.4, 0.5) is 0 Å². The predicted octanol–water partition coefficient (Wildman–Crippen LogP) is 3.22. The van der Waals surface area contributed by atoms with Crippen molar-refractivity contribution in [2.75, 3.05) is 13.2 Å². The van der Waals surface area contributed by atoms with Crippen LogP contribution in [-0.4, -0.2) is 18.3 Å². The van der Waals surface area contributed by atoms with Crippen LogP contribution < -0.4 is 9.47 Å². The number of ether oxygens (including phenoxy) is 2. The first-order valence-corrected chi connectivity index (χ1v) is 6.69. The number of hydrogen-bond acceptors (Lipinski definition) is 3. The Balaban J connectivity index is 2.25. The van der Waals surface area contributed by atoms with Crippen LogP contribution in [0.5, 0.6) is 11.5 Å². The molecule has 0 bridgehead atoms. The average Bonchev–Trinajstić information content (AvgIpc) is 2.46. The molecule has 3 nitrogen and oxygen atoms in total. The minimum absolute atomic E-state index is 0.128. The zero-order valence-electron chi connectivity index (χ0n) is 10.6. The van der Waals surface area contributed by atoms with Gasteiger partial charge in [0.25, 0.3) is 0 Å². The Morgan fingerprint density at radius 2 is 2.06 bits per heavy atom. The molecule has 1 unspecified atom stereocenters. The number of aliphatic hydroxyl groups is 1. The van der Waals surface area contributed by atoms with Gasteiger partial charge in [0.2, 0.25) is 0 Å². The van der Waals surface area contributed by atoms with Crippen LogP contribution >= 0.6 is 11.6 Å². The highest BCUT2D eigenvalue weighted by Gasteiger charge is 2.41. The Kier molecular flexibility index (Phi) is 2.72. The summed E-state index contributed by atoms with van der Waals surface area (Å²) in [5.74, 6) is 1.35. The topological polar surface area (TPSA) is 38.7 Å². The lowest BCUT2D eigenvalue weighted by molar-refractivity contribution is 0.157. The molecular weight excluding hydrogens is 252 g/mol. The molecule has 1 atom stereocenters. The van der Waals surface area contributed by atoms with Gasteiger partial charge in [0.05, 0.1) is 19.3 Å². The van der Waals surface area contributed by atoms with Gasteiger partial charge in [0, 0.05) is 23.1 Å². The summed E-state index contributed by atoms with van der Waals surface area (Å²) in [6.07, 6.45) is 0.992. The summed E-state index contributed by atoms with van der Waals surface area (Å²) in [6, 6.07) is 1.82. The third-order valence-corrected chi connectivity index (χ3v) is 4.04. The molecule has 18 heavy (non-hydrogen) atoms. The molecule has 0 saturated heterocycles. The van der Waals surface area contributed by atoms with Crippen LogP contribution in [0.2, 0.25) is 5.02 Å². The second-order valence-electron chi connectivity index (χ2n) is 5.63. The minimum Gasteiger partial charge on any atom is -0.489 e. The van der Waals surface area contributed by atoms with Crippen molar-refractivity contribution in [1.82, 2.24) is 0 Å². The van der Waals surface area contributed by atoms with E-state index in [1.165, 1.54) is 0 Å². The van der Waals surface area contributed by atoms with E-state index in [0.717, 1.165) is 17.5 Å². The Hall–Kier alpha value is -0.930. The highest BCUT2D eigenvalue weighted by atomic mass is 35.5. The number of aliphatic hydroxyl groups excluding tert-OH is 1. The lowest BCUT2D eigenvalue weighted by atomic mass is 9.86. The Bertz CT molecular complexity index is 496. The van der Waals surface area contributed by atoms with Crippen LogP contribution in [0.15, 0.2) is 6.07 Å². The monoisotopic (exact) mass is 268 g/mol. The summed E-state index contributed by atoms with van der Waals surface area (Å²) in [7, 11) is 0. The van der Waals surface area contributed by atoms with Crippen molar-refractivity contribution in [3.8, 4) is 11.5 Å². The van der Waals surface area contributed by atoms with E-state index in [0.29, 0.717) is 36.2 Å². The van der Waals surface area contributed by atoms with Crippen LogP contribution in [0.1, 0.15) is 43.9 Å². The van der Waals surface area contributed by atoms with E-state index in [9.17, 15) is 5.11 Å². The van der Waals surface area contributed by atoms with Crippen LogP contribution in [-0.2, 0) is 5.41 Å². The van der Waals surface area contributed by atoms with E-state index in [1.807, 2.05) is 6.07 Å². The first-order chi connectivity index (χ1) is 8.50. The Morgan fingerprint density at radius 1 is 1.33 bits per heavy atom. The number of fused-ring (bicyclic) bond motifs is 3. The molecular formula is C14H17ClO3. The third-order valence-electron chi connectivity index (χ3n) is 3.74. The largest absolute Gasteiger partial charge is 0.489 e. The van der Waals surface area contributed by atoms with Crippen molar-refractivity contribution in [3.63, 3.8) is 0 Å². The van der Waals surface area contributed by atoms with Gasteiger partial charge in [0.1, 0.15) is 0 Å². The second-order valence-corrected chi connectivity index (χ2v) is 6.04. The number of rotatable bonds is 0. The fraction of sp³-hybridized carbons (Fsp3) is 0.571. The van der Waals surface area contributed by atoms with Gasteiger partial charge in [-0.3, -0.25) is 0 Å². The highest BCUT2D eigenvalue weighted by Crippen LogP contribution is 2.54. The molecule has 1 aliphatic heterocycles. The first kappa shape index (κ1) is 12.1. The molecule has 1 aliphatic carbocycles. The highest BCUT2D eigenvalue weighted by molar-refractivity contribution is 6.32. The minimum atomic E-state index is -0.524. The van der Waals surface area contributed by atoms with Crippen molar-refractivity contribution in [2.24, 2.45) is 0 Å².